The van der Waals surface area contributed by atoms with Crippen LogP contribution in [0, 0.1) is 0 Å². The molecule has 17 heavy (non-hydrogen) atoms. The minimum Gasteiger partial charge on any atom is -0.383 e. The van der Waals surface area contributed by atoms with Crippen molar-refractivity contribution < 1.29 is 4.74 Å². The summed E-state index contributed by atoms with van der Waals surface area (Å²) in [7, 11) is 1.59. The zero-order chi connectivity index (χ0) is 11.8. The number of nitrogens with zero attached hydrogens (tertiary/aromatic N) is 5. The highest BCUT2D eigenvalue weighted by Gasteiger charge is 2.13. The fraction of sp³-hybridized carbons (Fsp3) is 0.333. The molecule has 3 rings (SSSR count). The van der Waals surface area contributed by atoms with Gasteiger partial charge in [-0.3, -0.25) is 4.57 Å². The monoisotopic (exact) mass is 234 g/mol. The van der Waals surface area contributed by atoms with E-state index in [4.69, 9.17) is 4.74 Å². The fourth-order valence-corrected chi connectivity index (χ4v) is 1.81. The van der Waals surface area contributed by atoms with Gasteiger partial charge in [0.05, 0.1) is 19.5 Å². The van der Waals surface area contributed by atoms with Gasteiger partial charge in [0.15, 0.2) is 11.3 Å². The molecular weight excluding hydrogens is 224 g/mol. The van der Waals surface area contributed by atoms with Crippen LogP contribution in [0.5, 0.6) is 0 Å². The minimum absolute atomic E-state index is 0.221. The quantitative estimate of drug-likeness (QED) is 0.654. The molecule has 88 valence electrons. The van der Waals surface area contributed by atoms with Gasteiger partial charge in [-0.25, -0.2) is 14.2 Å². The van der Waals surface area contributed by atoms with Crippen LogP contribution < -0.4 is 5.69 Å². The number of aromatic nitrogens is 6. The molecule has 0 bridgehead atoms. The molecule has 0 aliphatic carbocycles. The van der Waals surface area contributed by atoms with Crippen LogP contribution in [-0.4, -0.2) is 42.8 Å². The van der Waals surface area contributed by atoms with Gasteiger partial charge in [-0.2, -0.15) is 0 Å². The average Bonchev–Trinajstić information content (AvgIpc) is 2.96. The van der Waals surface area contributed by atoms with E-state index >= 15 is 0 Å². The Morgan fingerprint density at radius 1 is 1.47 bits per heavy atom. The Labute approximate surface area is 94.9 Å². The van der Waals surface area contributed by atoms with E-state index in [2.05, 4.69) is 20.2 Å². The molecule has 0 unspecified atom stereocenters. The van der Waals surface area contributed by atoms with Crippen molar-refractivity contribution in [1.29, 1.82) is 0 Å². The molecule has 0 spiro atoms. The van der Waals surface area contributed by atoms with Gasteiger partial charge in [-0.05, 0) is 0 Å². The van der Waals surface area contributed by atoms with E-state index in [1.54, 1.807) is 7.11 Å². The summed E-state index contributed by atoms with van der Waals surface area (Å²) in [5, 5.41) is 7.63. The largest absolute Gasteiger partial charge is 0.383 e. The van der Waals surface area contributed by atoms with Gasteiger partial charge < -0.3 is 9.72 Å². The van der Waals surface area contributed by atoms with E-state index in [1.165, 1.54) is 21.6 Å². The van der Waals surface area contributed by atoms with Crippen LogP contribution in [-0.2, 0) is 11.3 Å². The van der Waals surface area contributed by atoms with Crippen molar-refractivity contribution in [2.75, 3.05) is 13.7 Å². The zero-order valence-electron chi connectivity index (χ0n) is 9.12. The lowest BCUT2D eigenvalue weighted by Gasteiger charge is -2.06. The Morgan fingerprint density at radius 3 is 3.18 bits per heavy atom. The second kappa shape index (κ2) is 3.67. The van der Waals surface area contributed by atoms with E-state index < -0.39 is 0 Å². The van der Waals surface area contributed by atoms with E-state index in [9.17, 15) is 4.79 Å². The number of hydrogen-bond acceptors (Lipinski definition) is 5. The molecular formula is C9H10N6O2. The number of hydrogen-bond donors (Lipinski definition) is 1. The Kier molecular flexibility index (Phi) is 2.15. The van der Waals surface area contributed by atoms with Gasteiger partial charge in [0.25, 0.3) is 0 Å². The number of imidazole rings is 1. The molecule has 3 aromatic rings. The first-order valence-electron chi connectivity index (χ1n) is 5.07. The van der Waals surface area contributed by atoms with Crippen molar-refractivity contribution >= 4 is 16.8 Å². The first-order chi connectivity index (χ1) is 8.33. The summed E-state index contributed by atoms with van der Waals surface area (Å²) in [5.41, 5.74) is 1.52. The van der Waals surface area contributed by atoms with Crippen molar-refractivity contribution in [2.24, 2.45) is 0 Å². The SMILES string of the molecule is COCCn1c(=O)n2cnnc2c2[nH]cnc21. The number of rotatable bonds is 3. The maximum atomic E-state index is 12.1. The van der Waals surface area contributed by atoms with Crippen molar-refractivity contribution in [3.05, 3.63) is 23.1 Å². The normalized spacial score (nSPS) is 11.6. The number of aromatic amines is 1. The Morgan fingerprint density at radius 2 is 2.35 bits per heavy atom. The number of H-pyrrole nitrogens is 1. The summed E-state index contributed by atoms with van der Waals surface area (Å²) in [4.78, 5) is 19.2. The molecule has 0 saturated heterocycles. The second-order valence-corrected chi connectivity index (χ2v) is 3.55. The van der Waals surface area contributed by atoms with Gasteiger partial charge in [0.1, 0.15) is 11.8 Å². The van der Waals surface area contributed by atoms with E-state index in [0.29, 0.717) is 30.0 Å². The van der Waals surface area contributed by atoms with Gasteiger partial charge >= 0.3 is 5.69 Å². The molecule has 0 aliphatic heterocycles. The molecule has 1 N–H and O–H groups in total. The number of methoxy groups -OCH3 is 1. The molecule has 8 nitrogen and oxygen atoms in total. The summed E-state index contributed by atoms with van der Waals surface area (Å²) < 4.78 is 7.90. The smallest absolute Gasteiger partial charge is 0.337 e. The molecule has 3 heterocycles. The van der Waals surface area contributed by atoms with Gasteiger partial charge in [0.2, 0.25) is 0 Å². The predicted octanol–water partition coefficient (Wildman–Crippen LogP) is -0.586. The molecule has 8 heteroatoms. The molecule has 0 aromatic carbocycles. The van der Waals surface area contributed by atoms with Crippen LogP contribution in [0.4, 0.5) is 0 Å². The van der Waals surface area contributed by atoms with E-state index in [0.717, 1.165) is 0 Å². The third-order valence-electron chi connectivity index (χ3n) is 2.60. The van der Waals surface area contributed by atoms with Crippen molar-refractivity contribution in [2.45, 2.75) is 6.54 Å². The summed E-state index contributed by atoms with van der Waals surface area (Å²) in [5.74, 6) is 0. The lowest BCUT2D eigenvalue weighted by molar-refractivity contribution is 0.187. The highest BCUT2D eigenvalue weighted by Crippen LogP contribution is 2.11. The van der Waals surface area contributed by atoms with E-state index in [-0.39, 0.29) is 5.69 Å². The maximum Gasteiger partial charge on any atom is 0.337 e. The molecule has 0 fully saturated rings. The van der Waals surface area contributed by atoms with Crippen LogP contribution in [0.2, 0.25) is 0 Å². The molecule has 0 atom stereocenters. The van der Waals surface area contributed by atoms with Crippen LogP contribution >= 0.6 is 0 Å². The van der Waals surface area contributed by atoms with Crippen LogP contribution in [0.3, 0.4) is 0 Å². The molecule has 0 amide bonds. The van der Waals surface area contributed by atoms with E-state index in [1.807, 2.05) is 0 Å². The highest BCUT2D eigenvalue weighted by atomic mass is 16.5. The van der Waals surface area contributed by atoms with Crippen molar-refractivity contribution in [3.8, 4) is 0 Å². The maximum absolute atomic E-state index is 12.1. The third kappa shape index (κ3) is 1.34. The fourth-order valence-electron chi connectivity index (χ4n) is 1.81. The third-order valence-corrected chi connectivity index (χ3v) is 2.60. The number of ether oxygens (including phenoxy) is 1. The van der Waals surface area contributed by atoms with Crippen LogP contribution in [0.15, 0.2) is 17.4 Å². The Balaban J connectivity index is 2.39. The summed E-state index contributed by atoms with van der Waals surface area (Å²) >= 11 is 0. The Bertz CT molecular complexity index is 724. The summed E-state index contributed by atoms with van der Waals surface area (Å²) in [6.07, 6.45) is 2.92. The molecule has 3 aromatic heterocycles. The van der Waals surface area contributed by atoms with Gasteiger partial charge in [-0.1, -0.05) is 0 Å². The number of fused-ring (bicyclic) bond motifs is 3. The van der Waals surface area contributed by atoms with Crippen LogP contribution in [0.1, 0.15) is 0 Å². The predicted molar refractivity (Wildman–Crippen MR) is 58.8 cm³/mol. The average molecular weight is 234 g/mol. The lowest BCUT2D eigenvalue weighted by atomic mass is 10.5. The standard InChI is InChI=1S/C9H10N6O2/c1-17-3-2-14-7-6(10-4-11-7)8-13-12-5-15(8)9(14)16/h4-5H,2-3H2,1H3,(H,10,11). The molecule has 0 aliphatic rings. The van der Waals surface area contributed by atoms with Gasteiger partial charge in [-0.15, -0.1) is 10.2 Å². The summed E-state index contributed by atoms with van der Waals surface area (Å²) in [6.45, 7) is 0.875. The number of nitrogens with one attached hydrogen (secondary N) is 1. The van der Waals surface area contributed by atoms with Crippen molar-refractivity contribution in [3.63, 3.8) is 0 Å². The first kappa shape index (κ1) is 9.97. The zero-order valence-corrected chi connectivity index (χ0v) is 9.12. The summed E-state index contributed by atoms with van der Waals surface area (Å²) in [6, 6.07) is 0. The van der Waals surface area contributed by atoms with Crippen LogP contribution in [0.25, 0.3) is 16.8 Å². The molecule has 0 saturated carbocycles. The lowest BCUT2D eigenvalue weighted by Crippen LogP contribution is -2.28. The first-order valence-corrected chi connectivity index (χ1v) is 5.07. The second-order valence-electron chi connectivity index (χ2n) is 3.55. The van der Waals surface area contributed by atoms with Crippen molar-refractivity contribution in [1.82, 2.24) is 29.1 Å². The topological polar surface area (TPSA) is 90.1 Å². The highest BCUT2D eigenvalue weighted by molar-refractivity contribution is 5.84. The Hall–Kier alpha value is -2.22. The minimum atomic E-state index is -0.221. The van der Waals surface area contributed by atoms with Gasteiger partial charge in [0, 0.05) is 7.11 Å². The molecule has 0 radical (unpaired) electrons.